The maximum absolute atomic E-state index is 3.38. The van der Waals surface area contributed by atoms with Crippen LogP contribution < -0.4 is 5.32 Å². The van der Waals surface area contributed by atoms with Crippen molar-refractivity contribution in [3.63, 3.8) is 0 Å². The molecule has 0 aliphatic carbocycles. The second kappa shape index (κ2) is 6.51. The van der Waals surface area contributed by atoms with E-state index in [1.165, 1.54) is 25.7 Å². The number of nitrogens with one attached hydrogen (secondary N) is 1. The largest absolute Gasteiger partial charge is 0.316 e. The zero-order valence-electron chi connectivity index (χ0n) is 6.78. The maximum Gasteiger partial charge on any atom is -0.000969 e. The summed E-state index contributed by atoms with van der Waals surface area (Å²) in [6, 6.07) is 0. The van der Waals surface area contributed by atoms with Crippen LogP contribution >= 0.6 is 7.92 Å². The van der Waals surface area contributed by atoms with Crippen LogP contribution in [0.4, 0.5) is 0 Å². The van der Waals surface area contributed by atoms with Gasteiger partial charge in [0.1, 0.15) is 0 Å². The fourth-order valence-electron chi connectivity index (χ4n) is 0.604. The van der Waals surface area contributed by atoms with Gasteiger partial charge < -0.3 is 5.32 Å². The predicted molar refractivity (Wildman–Crippen MR) is 46.8 cm³/mol. The van der Waals surface area contributed by atoms with Crippen LogP contribution in [0.25, 0.3) is 0 Å². The molecule has 1 N–H and O–H groups in total. The average Bonchev–Trinajstić information content (AvgIpc) is 1.80. The van der Waals surface area contributed by atoms with E-state index in [-0.39, 0.29) is 0 Å². The van der Waals surface area contributed by atoms with Crippen LogP contribution in [0, 0.1) is 0 Å². The number of rotatable bonds is 5. The summed E-state index contributed by atoms with van der Waals surface area (Å²) in [6.45, 7) is 9.25. The zero-order chi connectivity index (χ0) is 7.11. The minimum atomic E-state index is 0.320. The molecule has 0 amide bonds. The molecule has 0 unspecified atom stereocenters. The smallest absolute Gasteiger partial charge is 0.000969 e. The summed E-state index contributed by atoms with van der Waals surface area (Å²) in [4.78, 5) is 0. The van der Waals surface area contributed by atoms with Crippen molar-refractivity contribution >= 4 is 7.92 Å². The molecule has 0 saturated carbocycles. The Bertz CT molecular complexity index is 54.9. The minimum Gasteiger partial charge on any atom is -0.316 e. The first-order valence-corrected chi connectivity index (χ1v) is 6.05. The van der Waals surface area contributed by atoms with E-state index in [1.54, 1.807) is 0 Å². The van der Waals surface area contributed by atoms with Crippen LogP contribution in [0.15, 0.2) is 0 Å². The van der Waals surface area contributed by atoms with Gasteiger partial charge in [-0.15, -0.1) is 7.92 Å². The molecule has 0 aromatic carbocycles. The molecule has 56 valence electrons. The number of hydrogen-bond donors (Lipinski definition) is 1. The van der Waals surface area contributed by atoms with Gasteiger partial charge in [-0.05, 0) is 39.0 Å². The monoisotopic (exact) mass is 147 g/mol. The lowest BCUT2D eigenvalue weighted by molar-refractivity contribution is 0.706. The van der Waals surface area contributed by atoms with Crippen LogP contribution in [0.5, 0.6) is 0 Å². The molecular formula is C7H18NP. The molecule has 0 bridgehead atoms. The van der Waals surface area contributed by atoms with Crippen molar-refractivity contribution in [1.29, 1.82) is 0 Å². The Kier molecular flexibility index (Phi) is 6.79. The third-order valence-corrected chi connectivity index (χ3v) is 2.28. The van der Waals surface area contributed by atoms with Crippen molar-refractivity contribution < 1.29 is 0 Å². The summed E-state index contributed by atoms with van der Waals surface area (Å²) >= 11 is 0. The molecule has 0 fully saturated rings. The molecule has 0 saturated heterocycles. The van der Waals surface area contributed by atoms with Gasteiger partial charge in [-0.25, -0.2) is 0 Å². The Hall–Kier alpha value is 0.390. The molecule has 0 atom stereocenters. The highest BCUT2D eigenvalue weighted by Gasteiger charge is 1.89. The second-order valence-electron chi connectivity index (χ2n) is 2.55. The van der Waals surface area contributed by atoms with E-state index in [1.807, 2.05) is 0 Å². The molecule has 0 radical (unpaired) electrons. The first-order chi connectivity index (χ1) is 4.27. The average molecular weight is 147 g/mol. The molecule has 0 spiro atoms. The summed E-state index contributed by atoms with van der Waals surface area (Å²) in [5.41, 5.74) is 0. The van der Waals surface area contributed by atoms with Crippen LogP contribution in [-0.2, 0) is 0 Å². The van der Waals surface area contributed by atoms with Gasteiger partial charge in [0.05, 0.1) is 0 Å². The fraction of sp³-hybridized carbons (Fsp3) is 1.00. The predicted octanol–water partition coefficient (Wildman–Crippen LogP) is 1.73. The Balaban J connectivity index is 2.75. The maximum atomic E-state index is 3.38. The van der Waals surface area contributed by atoms with Crippen molar-refractivity contribution in [1.82, 2.24) is 5.32 Å². The highest BCUT2D eigenvalue weighted by Crippen LogP contribution is 2.21. The molecular weight excluding hydrogens is 129 g/mol. The lowest BCUT2D eigenvalue weighted by Crippen LogP contribution is -2.17. The van der Waals surface area contributed by atoms with E-state index in [4.69, 9.17) is 0 Å². The zero-order valence-corrected chi connectivity index (χ0v) is 7.67. The van der Waals surface area contributed by atoms with Crippen molar-refractivity contribution in [2.45, 2.75) is 13.3 Å². The highest BCUT2D eigenvalue weighted by atomic mass is 31.1. The van der Waals surface area contributed by atoms with Gasteiger partial charge in [-0.2, -0.15) is 0 Å². The van der Waals surface area contributed by atoms with Crippen molar-refractivity contribution in [2.75, 3.05) is 32.6 Å². The van der Waals surface area contributed by atoms with Gasteiger partial charge in [0.15, 0.2) is 0 Å². The normalized spacial score (nSPS) is 10.7. The first-order valence-electron chi connectivity index (χ1n) is 3.62. The van der Waals surface area contributed by atoms with Crippen LogP contribution in [-0.4, -0.2) is 32.6 Å². The van der Waals surface area contributed by atoms with E-state index in [2.05, 4.69) is 25.6 Å². The molecule has 9 heavy (non-hydrogen) atoms. The molecule has 0 aromatic rings. The lowest BCUT2D eigenvalue weighted by Gasteiger charge is -2.04. The van der Waals surface area contributed by atoms with Crippen LogP contribution in [0.3, 0.4) is 0 Å². The van der Waals surface area contributed by atoms with Crippen molar-refractivity contribution in [2.24, 2.45) is 0 Å². The van der Waals surface area contributed by atoms with Crippen molar-refractivity contribution in [3.8, 4) is 0 Å². The van der Waals surface area contributed by atoms with E-state index in [0.717, 1.165) is 0 Å². The fourth-order valence-corrected chi connectivity index (χ4v) is 1.21. The highest BCUT2D eigenvalue weighted by molar-refractivity contribution is 7.56. The molecule has 0 aromatic heterocycles. The first kappa shape index (κ1) is 9.39. The Morgan fingerprint density at radius 3 is 2.33 bits per heavy atom. The standard InChI is InChI=1S/C7H18NP/c1-4-5-8-6-7-9(2)3/h8H,4-7H2,1-3H3. The Labute approximate surface area is 60.0 Å². The van der Waals surface area contributed by atoms with Gasteiger partial charge in [0.2, 0.25) is 0 Å². The molecule has 2 heteroatoms. The Morgan fingerprint density at radius 2 is 1.89 bits per heavy atom. The minimum absolute atomic E-state index is 0.320. The van der Waals surface area contributed by atoms with Gasteiger partial charge in [-0.1, -0.05) is 6.92 Å². The Morgan fingerprint density at radius 1 is 1.22 bits per heavy atom. The van der Waals surface area contributed by atoms with E-state index >= 15 is 0 Å². The third kappa shape index (κ3) is 8.39. The van der Waals surface area contributed by atoms with Gasteiger partial charge in [-0.3, -0.25) is 0 Å². The number of hydrogen-bond acceptors (Lipinski definition) is 1. The second-order valence-corrected chi connectivity index (χ2v) is 5.16. The van der Waals surface area contributed by atoms with Gasteiger partial charge in [0, 0.05) is 0 Å². The van der Waals surface area contributed by atoms with E-state index < -0.39 is 0 Å². The van der Waals surface area contributed by atoms with Gasteiger partial charge >= 0.3 is 0 Å². The summed E-state index contributed by atoms with van der Waals surface area (Å²) in [7, 11) is 0.320. The van der Waals surface area contributed by atoms with Crippen LogP contribution in [0.2, 0.25) is 0 Å². The molecule has 0 rings (SSSR count). The molecule has 0 heterocycles. The van der Waals surface area contributed by atoms with E-state index in [0.29, 0.717) is 7.92 Å². The van der Waals surface area contributed by atoms with Crippen molar-refractivity contribution in [3.05, 3.63) is 0 Å². The SMILES string of the molecule is CCCNCCP(C)C. The molecule has 0 aliphatic heterocycles. The summed E-state index contributed by atoms with van der Waals surface area (Å²) in [5.74, 6) is 0. The third-order valence-electron chi connectivity index (χ3n) is 1.16. The van der Waals surface area contributed by atoms with Gasteiger partial charge in [0.25, 0.3) is 0 Å². The summed E-state index contributed by atoms with van der Waals surface area (Å²) in [6.07, 6.45) is 2.63. The van der Waals surface area contributed by atoms with Crippen LogP contribution in [0.1, 0.15) is 13.3 Å². The quantitative estimate of drug-likeness (QED) is 0.461. The topological polar surface area (TPSA) is 12.0 Å². The molecule has 1 nitrogen and oxygen atoms in total. The summed E-state index contributed by atoms with van der Waals surface area (Å²) in [5, 5.41) is 3.38. The lowest BCUT2D eigenvalue weighted by atomic mass is 10.5. The van der Waals surface area contributed by atoms with E-state index in [9.17, 15) is 0 Å². The molecule has 0 aliphatic rings. The summed E-state index contributed by atoms with van der Waals surface area (Å²) < 4.78 is 0.